The number of carbonyl (C=O) groups excluding carboxylic acids is 1. The average molecular weight is 671 g/mol. The zero-order valence-corrected chi connectivity index (χ0v) is 31.8. The van der Waals surface area contributed by atoms with Crippen LogP contribution in [0.5, 0.6) is 0 Å². The van der Waals surface area contributed by atoms with E-state index in [1.165, 1.54) is 96.3 Å². The second kappa shape index (κ2) is 39.3. The van der Waals surface area contributed by atoms with Gasteiger partial charge in [0.25, 0.3) is 0 Å². The number of carboxylic acids is 1. The second-order valence-corrected chi connectivity index (χ2v) is 13.8. The van der Waals surface area contributed by atoms with Crippen LogP contribution in [0.2, 0.25) is 0 Å². The van der Waals surface area contributed by atoms with Crippen molar-refractivity contribution in [3.8, 4) is 0 Å². The number of carboxylic acid groups (broad SMARTS) is 1. The van der Waals surface area contributed by atoms with Gasteiger partial charge in [-0.15, -0.1) is 0 Å². The summed E-state index contributed by atoms with van der Waals surface area (Å²) in [6.07, 6.45) is 52.7. The highest BCUT2D eigenvalue weighted by molar-refractivity contribution is 5.69. The smallest absolute Gasteiger partial charge is 0.306 e. The normalized spacial score (nSPS) is 12.7. The minimum Gasteiger partial charge on any atom is -0.481 e. The van der Waals surface area contributed by atoms with Gasteiger partial charge in [0.15, 0.2) is 0 Å². The number of unbranched alkanes of at least 4 members (excludes halogenated alkanes) is 20. The lowest BCUT2D eigenvalue weighted by atomic mass is 10.0. The fourth-order valence-corrected chi connectivity index (χ4v) is 5.95. The van der Waals surface area contributed by atoms with Crippen molar-refractivity contribution in [2.45, 2.75) is 219 Å². The molecule has 1 N–H and O–H groups in total. The Morgan fingerprint density at radius 2 is 0.812 bits per heavy atom. The van der Waals surface area contributed by atoms with Gasteiger partial charge in [-0.3, -0.25) is 9.59 Å². The molecule has 278 valence electrons. The number of hydrogen-bond acceptors (Lipinski definition) is 3. The topological polar surface area (TPSA) is 63.6 Å². The van der Waals surface area contributed by atoms with E-state index in [1.54, 1.807) is 0 Å². The van der Waals surface area contributed by atoms with Crippen LogP contribution in [0.1, 0.15) is 213 Å². The summed E-state index contributed by atoms with van der Waals surface area (Å²) in [7, 11) is 0. The quantitative estimate of drug-likeness (QED) is 0.0406. The van der Waals surface area contributed by atoms with E-state index in [-0.39, 0.29) is 18.5 Å². The van der Waals surface area contributed by atoms with Crippen LogP contribution in [0.3, 0.4) is 0 Å². The van der Waals surface area contributed by atoms with Gasteiger partial charge in [0.2, 0.25) is 0 Å². The van der Waals surface area contributed by atoms with Crippen molar-refractivity contribution in [2.75, 3.05) is 0 Å². The Labute approximate surface area is 298 Å². The zero-order chi connectivity index (χ0) is 35.0. The number of rotatable bonds is 37. The summed E-state index contributed by atoms with van der Waals surface area (Å²) in [6.45, 7) is 4.51. The Balaban J connectivity index is 4.14. The first-order valence-corrected chi connectivity index (χ1v) is 20.6. The third-order valence-corrected chi connectivity index (χ3v) is 9.02. The molecule has 0 saturated carbocycles. The third-order valence-electron chi connectivity index (χ3n) is 9.02. The maximum absolute atomic E-state index is 12.7. The largest absolute Gasteiger partial charge is 0.481 e. The van der Waals surface area contributed by atoms with Crippen LogP contribution in [0.4, 0.5) is 0 Å². The molecule has 48 heavy (non-hydrogen) atoms. The van der Waals surface area contributed by atoms with Crippen LogP contribution < -0.4 is 0 Å². The van der Waals surface area contributed by atoms with E-state index in [0.29, 0.717) is 6.42 Å². The number of hydrogen-bond donors (Lipinski definition) is 1. The zero-order valence-electron chi connectivity index (χ0n) is 31.8. The monoisotopic (exact) mass is 671 g/mol. The van der Waals surface area contributed by atoms with Gasteiger partial charge >= 0.3 is 11.9 Å². The van der Waals surface area contributed by atoms with Crippen LogP contribution in [0, 0.1) is 0 Å². The van der Waals surface area contributed by atoms with Crippen molar-refractivity contribution in [1.82, 2.24) is 0 Å². The molecule has 0 fully saturated rings. The van der Waals surface area contributed by atoms with Gasteiger partial charge in [-0.1, -0.05) is 146 Å². The lowest BCUT2D eigenvalue weighted by Gasteiger charge is -2.18. The van der Waals surface area contributed by atoms with Gasteiger partial charge < -0.3 is 9.84 Å². The minimum absolute atomic E-state index is 0.0240. The van der Waals surface area contributed by atoms with Gasteiger partial charge in [0.05, 0.1) is 0 Å². The molecule has 0 saturated heterocycles. The Morgan fingerprint density at radius 3 is 1.29 bits per heavy atom. The Morgan fingerprint density at radius 1 is 0.458 bits per heavy atom. The van der Waals surface area contributed by atoms with E-state index in [4.69, 9.17) is 9.84 Å². The summed E-state index contributed by atoms with van der Waals surface area (Å²) in [5, 5.41) is 8.83. The molecule has 0 aliphatic heterocycles. The molecule has 0 aromatic carbocycles. The SMILES string of the molecule is CCCCC/C=C\C/C=C\CCCCCCCC(=O)OC(CCCCC/C=C\C/C=C\CCCCCCC)CCCCCCCC(=O)O. The average Bonchev–Trinajstić information content (AvgIpc) is 3.07. The van der Waals surface area contributed by atoms with Gasteiger partial charge in [0.1, 0.15) is 6.10 Å². The van der Waals surface area contributed by atoms with Crippen molar-refractivity contribution in [1.29, 1.82) is 0 Å². The van der Waals surface area contributed by atoms with Crippen LogP contribution in [0.25, 0.3) is 0 Å². The van der Waals surface area contributed by atoms with E-state index < -0.39 is 5.97 Å². The van der Waals surface area contributed by atoms with Gasteiger partial charge in [-0.25, -0.2) is 0 Å². The van der Waals surface area contributed by atoms with Gasteiger partial charge in [0, 0.05) is 12.8 Å². The first kappa shape index (κ1) is 45.9. The van der Waals surface area contributed by atoms with Crippen LogP contribution in [0.15, 0.2) is 48.6 Å². The van der Waals surface area contributed by atoms with Crippen molar-refractivity contribution < 1.29 is 19.4 Å². The molecule has 0 radical (unpaired) electrons. The predicted octanol–water partition coefficient (Wildman–Crippen LogP) is 14.3. The molecule has 0 bridgehead atoms. The fourth-order valence-electron chi connectivity index (χ4n) is 5.95. The number of esters is 1. The summed E-state index contributed by atoms with van der Waals surface area (Å²) < 4.78 is 6.00. The third kappa shape index (κ3) is 38.3. The fraction of sp³-hybridized carbons (Fsp3) is 0.773. The van der Waals surface area contributed by atoms with Gasteiger partial charge in [-0.05, 0) is 103 Å². The predicted molar refractivity (Wildman–Crippen MR) is 209 cm³/mol. The molecule has 1 unspecified atom stereocenters. The molecular formula is C44H78O4. The van der Waals surface area contributed by atoms with E-state index in [0.717, 1.165) is 89.9 Å². The van der Waals surface area contributed by atoms with Gasteiger partial charge in [-0.2, -0.15) is 0 Å². The first-order chi connectivity index (χ1) is 23.6. The summed E-state index contributed by atoms with van der Waals surface area (Å²) >= 11 is 0. The summed E-state index contributed by atoms with van der Waals surface area (Å²) in [4.78, 5) is 23.4. The van der Waals surface area contributed by atoms with E-state index in [1.807, 2.05) is 0 Å². The number of carbonyl (C=O) groups is 2. The first-order valence-electron chi connectivity index (χ1n) is 20.6. The molecule has 0 amide bonds. The number of aliphatic carboxylic acids is 1. The van der Waals surface area contributed by atoms with Crippen LogP contribution in [-0.2, 0) is 14.3 Å². The summed E-state index contributed by atoms with van der Waals surface area (Å²) in [5.41, 5.74) is 0. The minimum atomic E-state index is -0.707. The van der Waals surface area contributed by atoms with Crippen LogP contribution >= 0.6 is 0 Å². The van der Waals surface area contributed by atoms with E-state index >= 15 is 0 Å². The number of allylic oxidation sites excluding steroid dienone is 8. The molecule has 0 aliphatic rings. The van der Waals surface area contributed by atoms with E-state index in [9.17, 15) is 9.59 Å². The molecule has 4 nitrogen and oxygen atoms in total. The summed E-state index contributed by atoms with van der Waals surface area (Å²) in [6, 6.07) is 0. The molecule has 4 heteroatoms. The standard InChI is InChI=1S/C44H78O4/c1-3-5-7-9-11-13-15-17-19-21-23-25-27-30-34-38-42(39-35-31-29-32-36-40-43(45)46)48-44(47)41-37-33-28-26-24-22-20-18-16-14-12-10-8-6-4-2/h12,14-15,17-18,20-21,23,42H,3-11,13,16,19,22,24-41H2,1-2H3,(H,45,46)/b14-12-,17-15-,20-18-,23-21-. The Kier molecular flexibility index (Phi) is 37.6. The van der Waals surface area contributed by atoms with Crippen molar-refractivity contribution in [2.24, 2.45) is 0 Å². The second-order valence-electron chi connectivity index (χ2n) is 13.8. The molecule has 0 aromatic heterocycles. The van der Waals surface area contributed by atoms with Crippen LogP contribution in [-0.4, -0.2) is 23.1 Å². The van der Waals surface area contributed by atoms with Crippen molar-refractivity contribution in [3.63, 3.8) is 0 Å². The molecule has 0 rings (SSSR count). The van der Waals surface area contributed by atoms with E-state index in [2.05, 4.69) is 62.5 Å². The highest BCUT2D eigenvalue weighted by Gasteiger charge is 2.14. The summed E-state index contributed by atoms with van der Waals surface area (Å²) in [5.74, 6) is -0.731. The van der Waals surface area contributed by atoms with Crippen molar-refractivity contribution in [3.05, 3.63) is 48.6 Å². The highest BCUT2D eigenvalue weighted by Crippen LogP contribution is 2.18. The molecule has 0 aromatic rings. The lowest BCUT2D eigenvalue weighted by Crippen LogP contribution is -2.18. The molecule has 0 spiro atoms. The Bertz CT molecular complexity index is 809. The molecular weight excluding hydrogens is 592 g/mol. The lowest BCUT2D eigenvalue weighted by molar-refractivity contribution is -0.150. The Hall–Kier alpha value is -2.10. The molecule has 0 heterocycles. The molecule has 0 aliphatic carbocycles. The maximum Gasteiger partial charge on any atom is 0.306 e. The molecule has 1 atom stereocenters. The highest BCUT2D eigenvalue weighted by atomic mass is 16.5. The maximum atomic E-state index is 12.7. The van der Waals surface area contributed by atoms with Crippen molar-refractivity contribution >= 4 is 11.9 Å². The number of ether oxygens (including phenoxy) is 1.